The molecule has 0 rings (SSSR count). The van der Waals surface area contributed by atoms with Crippen molar-refractivity contribution in [3.63, 3.8) is 0 Å². The van der Waals surface area contributed by atoms with Crippen LogP contribution in [0.5, 0.6) is 0 Å². The third kappa shape index (κ3) is 11.4. The monoisotopic (exact) mass is 214 g/mol. The minimum atomic E-state index is -0.359. The van der Waals surface area contributed by atoms with Crippen LogP contribution in [0.25, 0.3) is 0 Å². The van der Waals surface area contributed by atoms with Gasteiger partial charge in [-0.05, 0) is 33.6 Å². The summed E-state index contributed by atoms with van der Waals surface area (Å²) in [6.45, 7) is 6.18. The van der Waals surface area contributed by atoms with E-state index < -0.39 is 0 Å². The fourth-order valence-electron chi connectivity index (χ4n) is 1.32. The third-order valence-electron chi connectivity index (χ3n) is 1.98. The van der Waals surface area contributed by atoms with Crippen LogP contribution in [0.2, 0.25) is 0 Å². The Morgan fingerprint density at radius 1 is 1.07 bits per heavy atom. The molecule has 3 heteroatoms. The molecule has 0 amide bonds. The second-order valence-electron chi connectivity index (χ2n) is 4.85. The molecule has 3 nitrogen and oxygen atoms in total. The van der Waals surface area contributed by atoms with E-state index in [-0.39, 0.29) is 11.6 Å². The molecule has 0 atom stereocenters. The van der Waals surface area contributed by atoms with Gasteiger partial charge < -0.3 is 4.74 Å². The molecule has 0 aromatic heterocycles. The quantitative estimate of drug-likeness (QED) is 0.483. The summed E-state index contributed by atoms with van der Waals surface area (Å²) in [5.41, 5.74) is 6.62. The number of carbonyl (C=O) groups is 1. The summed E-state index contributed by atoms with van der Waals surface area (Å²) in [6, 6.07) is 0. The number of esters is 1. The Kier molecular flexibility index (Phi) is 7.39. The van der Waals surface area contributed by atoms with Crippen molar-refractivity contribution in [3.05, 3.63) is 0 Å². The van der Waals surface area contributed by atoms with Crippen molar-refractivity contribution in [2.45, 2.75) is 64.9 Å². The first kappa shape index (κ1) is 14.4. The summed E-state index contributed by atoms with van der Waals surface area (Å²) >= 11 is 0. The number of nitrogens with one attached hydrogen (secondary N) is 1. The van der Waals surface area contributed by atoms with E-state index in [0.717, 1.165) is 32.1 Å². The maximum Gasteiger partial charge on any atom is 0.306 e. The SMILES string of the molecule is CC(C)(C)OC(=O)CCCCCCC[NH]. The van der Waals surface area contributed by atoms with E-state index in [9.17, 15) is 4.79 Å². The van der Waals surface area contributed by atoms with Gasteiger partial charge in [-0.15, -0.1) is 0 Å². The van der Waals surface area contributed by atoms with Crippen molar-refractivity contribution in [3.8, 4) is 0 Å². The number of carbonyl (C=O) groups excluding carboxylic acids is 1. The van der Waals surface area contributed by atoms with Gasteiger partial charge in [-0.25, -0.2) is 0 Å². The molecule has 15 heavy (non-hydrogen) atoms. The van der Waals surface area contributed by atoms with E-state index in [2.05, 4.69) is 0 Å². The normalized spacial score (nSPS) is 11.5. The number of unbranched alkanes of at least 4 members (excludes halogenated alkanes) is 4. The molecule has 1 N–H and O–H groups in total. The van der Waals surface area contributed by atoms with E-state index >= 15 is 0 Å². The maximum atomic E-state index is 11.3. The van der Waals surface area contributed by atoms with Crippen LogP contribution >= 0.6 is 0 Å². The maximum absolute atomic E-state index is 11.3. The lowest BCUT2D eigenvalue weighted by Crippen LogP contribution is -2.23. The standard InChI is InChI=1S/C12H24NO2/c1-12(2,3)15-11(14)9-7-5-4-6-8-10-13/h13H,4-10H2,1-3H3. The molecule has 0 unspecified atom stereocenters. The summed E-state index contributed by atoms with van der Waals surface area (Å²) < 4.78 is 5.20. The van der Waals surface area contributed by atoms with Gasteiger partial charge in [0.1, 0.15) is 5.60 Å². The Morgan fingerprint density at radius 2 is 1.60 bits per heavy atom. The summed E-state index contributed by atoms with van der Waals surface area (Å²) in [4.78, 5) is 11.3. The van der Waals surface area contributed by atoms with E-state index in [1.165, 1.54) is 0 Å². The van der Waals surface area contributed by atoms with Crippen molar-refractivity contribution in [1.82, 2.24) is 5.73 Å². The highest BCUT2D eigenvalue weighted by Gasteiger charge is 2.15. The zero-order valence-corrected chi connectivity index (χ0v) is 10.3. The predicted octanol–water partition coefficient (Wildman–Crippen LogP) is 2.95. The lowest BCUT2D eigenvalue weighted by molar-refractivity contribution is -0.154. The van der Waals surface area contributed by atoms with Crippen LogP contribution in [0, 0.1) is 0 Å². The second kappa shape index (κ2) is 7.69. The third-order valence-corrected chi connectivity index (χ3v) is 1.98. The highest BCUT2D eigenvalue weighted by Crippen LogP contribution is 2.11. The zero-order valence-electron chi connectivity index (χ0n) is 10.3. The van der Waals surface area contributed by atoms with Gasteiger partial charge in [-0.3, -0.25) is 10.5 Å². The Morgan fingerprint density at radius 3 is 2.13 bits per heavy atom. The van der Waals surface area contributed by atoms with Gasteiger partial charge in [-0.1, -0.05) is 19.3 Å². The van der Waals surface area contributed by atoms with Crippen molar-refractivity contribution >= 4 is 5.97 Å². The Balaban J connectivity index is 3.32. The fraction of sp³-hybridized carbons (Fsp3) is 0.917. The average molecular weight is 214 g/mol. The highest BCUT2D eigenvalue weighted by atomic mass is 16.6. The van der Waals surface area contributed by atoms with Crippen molar-refractivity contribution in [2.75, 3.05) is 6.54 Å². The lowest BCUT2D eigenvalue weighted by atomic mass is 10.1. The van der Waals surface area contributed by atoms with Crippen molar-refractivity contribution < 1.29 is 9.53 Å². The smallest absolute Gasteiger partial charge is 0.306 e. The molecular formula is C12H24NO2. The molecule has 0 aromatic carbocycles. The van der Waals surface area contributed by atoms with Gasteiger partial charge in [0.2, 0.25) is 0 Å². The first-order valence-electron chi connectivity index (χ1n) is 5.82. The number of hydrogen-bond donors (Lipinski definition) is 0. The zero-order chi connectivity index (χ0) is 11.7. The molecule has 0 saturated carbocycles. The predicted molar refractivity (Wildman–Crippen MR) is 61.5 cm³/mol. The molecule has 0 aliphatic heterocycles. The summed E-state index contributed by atoms with van der Waals surface area (Å²) in [5, 5.41) is 0. The summed E-state index contributed by atoms with van der Waals surface area (Å²) in [6.07, 6.45) is 5.72. The number of hydrogen-bond acceptors (Lipinski definition) is 2. The van der Waals surface area contributed by atoms with Crippen LogP contribution in [-0.2, 0) is 9.53 Å². The molecular weight excluding hydrogens is 190 g/mol. The van der Waals surface area contributed by atoms with Gasteiger partial charge in [0.25, 0.3) is 0 Å². The summed E-state index contributed by atoms with van der Waals surface area (Å²) in [5.74, 6) is -0.0945. The minimum Gasteiger partial charge on any atom is -0.460 e. The van der Waals surface area contributed by atoms with Crippen LogP contribution in [0.3, 0.4) is 0 Å². The van der Waals surface area contributed by atoms with Crippen LogP contribution in [0.4, 0.5) is 0 Å². The number of rotatable bonds is 7. The molecule has 0 fully saturated rings. The Hall–Kier alpha value is -0.570. The van der Waals surface area contributed by atoms with Gasteiger partial charge in [0.15, 0.2) is 0 Å². The lowest BCUT2D eigenvalue weighted by Gasteiger charge is -2.19. The Bertz CT molecular complexity index is 173. The molecule has 0 bridgehead atoms. The van der Waals surface area contributed by atoms with E-state index in [4.69, 9.17) is 10.5 Å². The molecule has 0 aliphatic carbocycles. The molecule has 89 valence electrons. The molecule has 0 spiro atoms. The van der Waals surface area contributed by atoms with Gasteiger partial charge in [0, 0.05) is 13.0 Å². The first-order valence-corrected chi connectivity index (χ1v) is 5.82. The van der Waals surface area contributed by atoms with Crippen molar-refractivity contribution in [2.24, 2.45) is 0 Å². The van der Waals surface area contributed by atoms with Gasteiger partial charge >= 0.3 is 5.97 Å². The fourth-order valence-corrected chi connectivity index (χ4v) is 1.32. The van der Waals surface area contributed by atoms with E-state index in [0.29, 0.717) is 13.0 Å². The topological polar surface area (TPSA) is 50.1 Å². The second-order valence-corrected chi connectivity index (χ2v) is 4.85. The molecule has 0 saturated heterocycles. The van der Waals surface area contributed by atoms with Gasteiger partial charge in [-0.2, -0.15) is 0 Å². The Labute approximate surface area is 93.4 Å². The summed E-state index contributed by atoms with van der Waals surface area (Å²) in [7, 11) is 0. The molecule has 0 aliphatic rings. The van der Waals surface area contributed by atoms with Crippen LogP contribution in [0.15, 0.2) is 0 Å². The van der Waals surface area contributed by atoms with E-state index in [1.54, 1.807) is 0 Å². The molecule has 1 radical (unpaired) electrons. The number of ether oxygens (including phenoxy) is 1. The van der Waals surface area contributed by atoms with Crippen LogP contribution < -0.4 is 5.73 Å². The van der Waals surface area contributed by atoms with Gasteiger partial charge in [0.05, 0.1) is 0 Å². The highest BCUT2D eigenvalue weighted by molar-refractivity contribution is 5.69. The molecule has 0 aromatic rings. The average Bonchev–Trinajstić information content (AvgIpc) is 2.08. The van der Waals surface area contributed by atoms with Crippen molar-refractivity contribution in [1.29, 1.82) is 0 Å². The van der Waals surface area contributed by atoms with Crippen LogP contribution in [-0.4, -0.2) is 18.1 Å². The minimum absolute atomic E-state index is 0.0945. The molecule has 0 heterocycles. The van der Waals surface area contributed by atoms with E-state index in [1.807, 2.05) is 20.8 Å². The largest absolute Gasteiger partial charge is 0.460 e. The van der Waals surface area contributed by atoms with Crippen LogP contribution in [0.1, 0.15) is 59.3 Å². The first-order chi connectivity index (χ1) is 6.95.